The van der Waals surface area contributed by atoms with Crippen molar-refractivity contribution in [3.05, 3.63) is 29.8 Å². The largest absolute Gasteiger partial charge is 0.497 e. The number of ether oxygens (including phenoxy) is 1. The van der Waals surface area contributed by atoms with E-state index < -0.39 is 18.5 Å². The van der Waals surface area contributed by atoms with Crippen LogP contribution in [0.5, 0.6) is 5.75 Å². The lowest BCUT2D eigenvalue weighted by atomic mass is 9.70. The highest BCUT2D eigenvalue weighted by Gasteiger charge is 2.30. The summed E-state index contributed by atoms with van der Waals surface area (Å²) in [7, 11) is 1.65. The summed E-state index contributed by atoms with van der Waals surface area (Å²) in [6, 6.07) is 8.14. The Kier molecular flexibility index (Phi) is 3.29. The maximum Gasteiger partial charge on any atom is 0.132 e. The van der Waals surface area contributed by atoms with Gasteiger partial charge in [0.1, 0.15) is 11.5 Å². The van der Waals surface area contributed by atoms with Crippen LogP contribution in [0.1, 0.15) is 68.2 Å². The lowest BCUT2D eigenvalue weighted by Crippen LogP contribution is -2.25. The minimum absolute atomic E-state index is 0.160. The molecule has 2 aliphatic carbocycles. The first kappa shape index (κ1) is 10.4. The molecule has 0 spiro atoms. The van der Waals surface area contributed by atoms with Gasteiger partial charge in [-0.15, -0.1) is 0 Å². The van der Waals surface area contributed by atoms with Crippen LogP contribution in [-0.2, 0) is 4.79 Å². The molecule has 21 heavy (non-hydrogen) atoms. The van der Waals surface area contributed by atoms with Gasteiger partial charge < -0.3 is 4.74 Å². The van der Waals surface area contributed by atoms with Crippen LogP contribution in [0.4, 0.5) is 0 Å². The topological polar surface area (TPSA) is 26.3 Å². The summed E-state index contributed by atoms with van der Waals surface area (Å²) in [5.74, 6) is 0.528. The molecule has 0 aromatic heterocycles. The van der Waals surface area contributed by atoms with E-state index in [1.165, 1.54) is 5.56 Å². The molecule has 0 aliphatic heterocycles. The van der Waals surface area contributed by atoms with Crippen LogP contribution in [0, 0.1) is 11.8 Å². The van der Waals surface area contributed by atoms with Crippen molar-refractivity contribution < 1.29 is 15.0 Å². The molecule has 1 aromatic carbocycles. The molecule has 2 nitrogen and oxygen atoms in total. The second-order valence-corrected chi connectivity index (χ2v) is 6.22. The first-order chi connectivity index (χ1) is 11.8. The predicted molar refractivity (Wildman–Crippen MR) is 84.7 cm³/mol. The summed E-state index contributed by atoms with van der Waals surface area (Å²) in [4.78, 5) is 11.8. The van der Waals surface area contributed by atoms with E-state index in [0.29, 0.717) is 12.3 Å². The van der Waals surface area contributed by atoms with Gasteiger partial charge in [-0.05, 0) is 73.9 Å². The zero-order valence-corrected chi connectivity index (χ0v) is 12.6. The third-order valence-electron chi connectivity index (χ3n) is 5.01. The summed E-state index contributed by atoms with van der Waals surface area (Å²) in [6.07, 6.45) is -0.0289. The molecule has 0 N–H and O–H groups in total. The van der Waals surface area contributed by atoms with E-state index in [4.69, 9.17) is 10.2 Å². The van der Waals surface area contributed by atoms with Gasteiger partial charge in [-0.2, -0.15) is 0 Å². The Balaban J connectivity index is 1.66. The molecule has 1 aromatic rings. The smallest absolute Gasteiger partial charge is 0.132 e. The van der Waals surface area contributed by atoms with E-state index in [1.807, 2.05) is 12.1 Å². The van der Waals surface area contributed by atoms with Crippen LogP contribution < -0.4 is 4.74 Å². The number of methoxy groups -OCH3 is 1. The van der Waals surface area contributed by atoms with Crippen LogP contribution in [0.25, 0.3) is 0 Å². The van der Waals surface area contributed by atoms with Crippen molar-refractivity contribution >= 4 is 5.78 Å². The van der Waals surface area contributed by atoms with Crippen LogP contribution in [0.3, 0.4) is 0 Å². The Morgan fingerprint density at radius 1 is 1.05 bits per heavy atom. The fraction of sp³-hybridized carbons (Fsp3) is 0.632. The molecule has 1 unspecified atom stereocenters. The number of ketones is 1. The van der Waals surface area contributed by atoms with Gasteiger partial charge in [0.2, 0.25) is 0 Å². The highest BCUT2D eigenvalue weighted by molar-refractivity contribution is 5.79. The quantitative estimate of drug-likeness (QED) is 0.804. The summed E-state index contributed by atoms with van der Waals surface area (Å²) in [5, 5.41) is 0. The SMILES string of the molecule is [2H]C1([2H])C(=O)CCC(C2CCC(c3ccc(OC)cc3)CC2)C1([2H])[2H]. The molecule has 0 amide bonds. The fourth-order valence-electron chi connectivity index (χ4n) is 3.68. The molecule has 114 valence electrons. The summed E-state index contributed by atoms with van der Waals surface area (Å²) >= 11 is 0. The summed E-state index contributed by atoms with van der Waals surface area (Å²) < 4.78 is 37.6. The van der Waals surface area contributed by atoms with Gasteiger partial charge in [0.05, 0.1) is 7.11 Å². The molecule has 2 saturated carbocycles. The first-order valence-corrected chi connectivity index (χ1v) is 7.94. The highest BCUT2D eigenvalue weighted by Crippen LogP contribution is 2.42. The van der Waals surface area contributed by atoms with Crippen molar-refractivity contribution in [3.8, 4) is 5.75 Å². The number of benzene rings is 1. The Morgan fingerprint density at radius 2 is 1.76 bits per heavy atom. The Labute approximate surface area is 133 Å². The Hall–Kier alpha value is -1.31. The van der Waals surface area contributed by atoms with Gasteiger partial charge >= 0.3 is 0 Å². The van der Waals surface area contributed by atoms with E-state index in [0.717, 1.165) is 31.4 Å². The monoisotopic (exact) mass is 290 g/mol. The zero-order valence-electron chi connectivity index (χ0n) is 16.6. The first-order valence-electron chi connectivity index (χ1n) is 9.94. The van der Waals surface area contributed by atoms with Gasteiger partial charge in [-0.1, -0.05) is 12.1 Å². The van der Waals surface area contributed by atoms with E-state index in [-0.39, 0.29) is 18.3 Å². The van der Waals surface area contributed by atoms with Crippen LogP contribution >= 0.6 is 0 Å². The molecule has 0 bridgehead atoms. The molecule has 0 radical (unpaired) electrons. The van der Waals surface area contributed by atoms with Gasteiger partial charge in [-0.25, -0.2) is 0 Å². The average molecular weight is 290 g/mol. The van der Waals surface area contributed by atoms with E-state index in [1.54, 1.807) is 7.11 Å². The second kappa shape index (κ2) is 6.64. The minimum Gasteiger partial charge on any atom is -0.497 e. The molecular weight excluding hydrogens is 260 g/mol. The Bertz CT molecular complexity index is 619. The standard InChI is InChI=1S/C19H26O2/c1-21-19-12-8-17(9-13-19)15-4-2-14(3-5-15)16-6-10-18(20)11-7-16/h8-9,12-16H,2-7,10-11H2,1H3/i6D2,10D2. The van der Waals surface area contributed by atoms with Gasteiger partial charge in [0.25, 0.3) is 0 Å². The van der Waals surface area contributed by atoms with Gasteiger partial charge in [0, 0.05) is 18.3 Å². The normalized spacial score (nSPS) is 37.8. The molecule has 2 fully saturated rings. The van der Waals surface area contributed by atoms with Crippen molar-refractivity contribution in [2.75, 3.05) is 7.11 Å². The number of carbonyl (C=O) groups is 1. The Morgan fingerprint density at radius 3 is 2.43 bits per heavy atom. The van der Waals surface area contributed by atoms with E-state index in [2.05, 4.69) is 12.1 Å². The molecule has 2 aliphatic rings. The third-order valence-corrected chi connectivity index (χ3v) is 5.01. The lowest BCUT2D eigenvalue weighted by Gasteiger charge is -2.35. The van der Waals surface area contributed by atoms with Crippen molar-refractivity contribution in [2.24, 2.45) is 11.8 Å². The number of carbonyl (C=O) groups excluding carboxylic acids is 1. The third kappa shape index (κ3) is 3.48. The van der Waals surface area contributed by atoms with Crippen molar-refractivity contribution in [1.82, 2.24) is 0 Å². The maximum absolute atomic E-state index is 11.8. The number of Topliss-reactive ketones (excluding diaryl/α,β-unsaturated/α-hetero) is 1. The van der Waals surface area contributed by atoms with Crippen LogP contribution in [0.2, 0.25) is 0 Å². The molecule has 1 atom stereocenters. The highest BCUT2D eigenvalue weighted by atomic mass is 16.5. The van der Waals surface area contributed by atoms with E-state index in [9.17, 15) is 4.79 Å². The van der Waals surface area contributed by atoms with Crippen molar-refractivity contribution in [2.45, 2.75) is 57.2 Å². The maximum atomic E-state index is 11.8. The molecule has 2 heteroatoms. The molecular formula is C19H26O2. The fourth-order valence-corrected chi connectivity index (χ4v) is 3.68. The summed E-state index contributed by atoms with van der Waals surface area (Å²) in [6.45, 7) is 0. The lowest BCUT2D eigenvalue weighted by molar-refractivity contribution is -0.121. The van der Waals surface area contributed by atoms with Crippen molar-refractivity contribution in [1.29, 1.82) is 0 Å². The summed E-state index contributed by atoms with van der Waals surface area (Å²) in [5.41, 5.74) is 1.29. The van der Waals surface area contributed by atoms with Crippen molar-refractivity contribution in [3.63, 3.8) is 0 Å². The van der Waals surface area contributed by atoms with Gasteiger partial charge in [0.15, 0.2) is 0 Å². The molecule has 0 heterocycles. The second-order valence-electron chi connectivity index (χ2n) is 6.22. The van der Waals surface area contributed by atoms with Crippen LogP contribution in [-0.4, -0.2) is 12.9 Å². The zero-order chi connectivity index (χ0) is 18.2. The molecule has 0 saturated heterocycles. The minimum atomic E-state index is -2.36. The number of hydrogen-bond donors (Lipinski definition) is 0. The average Bonchev–Trinajstić information content (AvgIpc) is 2.61. The van der Waals surface area contributed by atoms with Crippen LogP contribution in [0.15, 0.2) is 24.3 Å². The predicted octanol–water partition coefficient (Wildman–Crippen LogP) is 4.73. The van der Waals surface area contributed by atoms with E-state index >= 15 is 0 Å². The van der Waals surface area contributed by atoms with Gasteiger partial charge in [-0.3, -0.25) is 4.79 Å². The molecule has 3 rings (SSSR count). The number of rotatable bonds is 3. The number of hydrogen-bond acceptors (Lipinski definition) is 2.